The van der Waals surface area contributed by atoms with E-state index in [4.69, 9.17) is 16.3 Å². The Morgan fingerprint density at radius 1 is 1.26 bits per heavy atom. The predicted octanol–water partition coefficient (Wildman–Crippen LogP) is 5.98. The number of ether oxygens (including phenoxy) is 1. The summed E-state index contributed by atoms with van der Waals surface area (Å²) < 4.78 is 43.7. The Morgan fingerprint density at radius 3 is 2.63 bits per heavy atom. The van der Waals surface area contributed by atoms with Crippen LogP contribution in [-0.2, 0) is 6.18 Å². The Hall–Kier alpha value is -2.13. The van der Waals surface area contributed by atoms with Gasteiger partial charge in [0.15, 0.2) is 0 Å². The topological polar surface area (TPSA) is 64.4 Å². The first kappa shape index (κ1) is 19.6. The summed E-state index contributed by atoms with van der Waals surface area (Å²) in [6.45, 7) is 0. The SMILES string of the molecule is O=[N+]([O-])c1ccc(Oc2ccc(C(F)(F)F)cc2Cl)cc1NC1CCSC1. The van der Waals surface area contributed by atoms with Gasteiger partial charge in [0.25, 0.3) is 5.69 Å². The van der Waals surface area contributed by atoms with Gasteiger partial charge in [0, 0.05) is 23.9 Å². The summed E-state index contributed by atoms with van der Waals surface area (Å²) in [7, 11) is 0. The number of nitro groups is 1. The summed E-state index contributed by atoms with van der Waals surface area (Å²) in [5.74, 6) is 2.08. The van der Waals surface area contributed by atoms with Gasteiger partial charge in [-0.1, -0.05) is 11.6 Å². The molecule has 0 spiro atoms. The lowest BCUT2D eigenvalue weighted by molar-refractivity contribution is -0.384. The molecule has 27 heavy (non-hydrogen) atoms. The first-order valence-electron chi connectivity index (χ1n) is 7.91. The summed E-state index contributed by atoms with van der Waals surface area (Å²) in [6, 6.07) is 6.98. The zero-order valence-electron chi connectivity index (χ0n) is 13.8. The van der Waals surface area contributed by atoms with Crippen molar-refractivity contribution in [2.45, 2.75) is 18.6 Å². The minimum Gasteiger partial charge on any atom is -0.456 e. The van der Waals surface area contributed by atoms with Crippen LogP contribution in [0.3, 0.4) is 0 Å². The number of rotatable bonds is 5. The third-order valence-electron chi connectivity index (χ3n) is 3.94. The monoisotopic (exact) mass is 418 g/mol. The van der Waals surface area contributed by atoms with Crippen molar-refractivity contribution < 1.29 is 22.8 Å². The minimum absolute atomic E-state index is 0.0286. The molecular weight excluding hydrogens is 405 g/mol. The van der Waals surface area contributed by atoms with Crippen LogP contribution in [-0.4, -0.2) is 22.5 Å². The van der Waals surface area contributed by atoms with Crippen LogP contribution in [0, 0.1) is 10.1 Å². The average Bonchev–Trinajstić information content (AvgIpc) is 3.08. The number of halogens is 4. The van der Waals surface area contributed by atoms with Gasteiger partial charge in [-0.15, -0.1) is 0 Å². The molecule has 2 aromatic rings. The normalized spacial score (nSPS) is 17.0. The summed E-state index contributed by atoms with van der Waals surface area (Å²) in [5.41, 5.74) is -0.685. The van der Waals surface area contributed by atoms with Gasteiger partial charge in [-0.25, -0.2) is 0 Å². The van der Waals surface area contributed by atoms with Crippen molar-refractivity contribution >= 4 is 34.7 Å². The zero-order valence-corrected chi connectivity index (χ0v) is 15.3. The maximum Gasteiger partial charge on any atom is 0.416 e. The van der Waals surface area contributed by atoms with E-state index in [0.717, 1.165) is 36.1 Å². The Balaban J connectivity index is 1.85. The fourth-order valence-corrected chi connectivity index (χ4v) is 3.98. The second-order valence-corrected chi connectivity index (χ2v) is 7.44. The lowest BCUT2D eigenvalue weighted by Crippen LogP contribution is -2.18. The van der Waals surface area contributed by atoms with Gasteiger partial charge in [-0.3, -0.25) is 10.1 Å². The summed E-state index contributed by atoms with van der Waals surface area (Å²) in [5, 5.41) is 14.2. The van der Waals surface area contributed by atoms with Crippen LogP contribution in [0.1, 0.15) is 12.0 Å². The average molecular weight is 419 g/mol. The first-order chi connectivity index (χ1) is 12.7. The van der Waals surface area contributed by atoms with E-state index in [1.807, 2.05) is 0 Å². The fourth-order valence-electron chi connectivity index (χ4n) is 2.61. The van der Waals surface area contributed by atoms with Gasteiger partial charge < -0.3 is 10.1 Å². The van der Waals surface area contributed by atoms with Crippen molar-refractivity contribution in [1.82, 2.24) is 0 Å². The van der Waals surface area contributed by atoms with E-state index in [1.54, 1.807) is 11.8 Å². The lowest BCUT2D eigenvalue weighted by atomic mass is 10.2. The van der Waals surface area contributed by atoms with E-state index < -0.39 is 16.7 Å². The summed E-state index contributed by atoms with van der Waals surface area (Å²) >= 11 is 7.65. The molecule has 0 aliphatic carbocycles. The van der Waals surface area contributed by atoms with Crippen molar-refractivity contribution in [1.29, 1.82) is 0 Å². The number of nitrogens with zero attached hydrogens (tertiary/aromatic N) is 1. The van der Waals surface area contributed by atoms with Crippen LogP contribution in [0.25, 0.3) is 0 Å². The minimum atomic E-state index is -4.51. The highest BCUT2D eigenvalue weighted by molar-refractivity contribution is 7.99. The molecule has 2 aromatic carbocycles. The van der Waals surface area contributed by atoms with Gasteiger partial charge in [0.1, 0.15) is 17.2 Å². The summed E-state index contributed by atoms with van der Waals surface area (Å²) in [6.07, 6.45) is -3.62. The second-order valence-electron chi connectivity index (χ2n) is 5.89. The predicted molar refractivity (Wildman–Crippen MR) is 99.0 cm³/mol. The van der Waals surface area contributed by atoms with Crippen molar-refractivity contribution in [3.05, 3.63) is 57.1 Å². The third kappa shape index (κ3) is 4.78. The number of nitro benzene ring substituents is 1. The number of alkyl halides is 3. The molecule has 1 unspecified atom stereocenters. The molecule has 0 bridgehead atoms. The molecule has 1 atom stereocenters. The van der Waals surface area contributed by atoms with Crippen LogP contribution in [0.2, 0.25) is 5.02 Å². The molecule has 1 aliphatic rings. The molecule has 1 fully saturated rings. The molecule has 144 valence electrons. The van der Waals surface area contributed by atoms with E-state index in [2.05, 4.69) is 5.32 Å². The molecule has 10 heteroatoms. The molecule has 1 aliphatic heterocycles. The van der Waals surface area contributed by atoms with Crippen molar-refractivity contribution in [2.24, 2.45) is 0 Å². The number of thioether (sulfide) groups is 1. The fraction of sp³-hybridized carbons (Fsp3) is 0.294. The van der Waals surface area contributed by atoms with Crippen LogP contribution in [0.15, 0.2) is 36.4 Å². The number of nitrogens with one attached hydrogen (secondary N) is 1. The van der Waals surface area contributed by atoms with Crippen LogP contribution < -0.4 is 10.1 Å². The molecule has 0 radical (unpaired) electrons. The van der Waals surface area contributed by atoms with Gasteiger partial charge in [-0.2, -0.15) is 24.9 Å². The Labute approximate surface area is 162 Å². The van der Waals surface area contributed by atoms with Crippen LogP contribution in [0.4, 0.5) is 24.5 Å². The molecule has 1 N–H and O–H groups in total. The van der Waals surface area contributed by atoms with E-state index in [-0.39, 0.29) is 28.3 Å². The molecule has 1 heterocycles. The van der Waals surface area contributed by atoms with Crippen molar-refractivity contribution in [3.8, 4) is 11.5 Å². The van der Waals surface area contributed by atoms with Gasteiger partial charge in [-0.05, 0) is 36.4 Å². The van der Waals surface area contributed by atoms with E-state index in [1.165, 1.54) is 18.2 Å². The Morgan fingerprint density at radius 2 is 2.04 bits per heavy atom. The highest BCUT2D eigenvalue weighted by atomic mass is 35.5. The Kier molecular flexibility index (Phi) is 5.71. The molecule has 0 saturated carbocycles. The maximum absolute atomic E-state index is 12.7. The number of anilines is 1. The van der Waals surface area contributed by atoms with E-state index in [0.29, 0.717) is 5.69 Å². The molecule has 0 amide bonds. The van der Waals surface area contributed by atoms with E-state index in [9.17, 15) is 23.3 Å². The van der Waals surface area contributed by atoms with Crippen LogP contribution >= 0.6 is 23.4 Å². The largest absolute Gasteiger partial charge is 0.456 e. The lowest BCUT2D eigenvalue weighted by Gasteiger charge is -2.15. The van der Waals surface area contributed by atoms with Crippen molar-refractivity contribution in [3.63, 3.8) is 0 Å². The van der Waals surface area contributed by atoms with Crippen molar-refractivity contribution in [2.75, 3.05) is 16.8 Å². The molecular formula is C17H14ClF3N2O3S. The van der Waals surface area contributed by atoms with Gasteiger partial charge in [0.2, 0.25) is 0 Å². The smallest absolute Gasteiger partial charge is 0.416 e. The third-order valence-corrected chi connectivity index (χ3v) is 5.40. The molecule has 0 aromatic heterocycles. The number of hydrogen-bond donors (Lipinski definition) is 1. The van der Waals surface area contributed by atoms with Gasteiger partial charge >= 0.3 is 6.18 Å². The maximum atomic E-state index is 12.7. The van der Waals surface area contributed by atoms with E-state index >= 15 is 0 Å². The van der Waals surface area contributed by atoms with Crippen LogP contribution in [0.5, 0.6) is 11.5 Å². The molecule has 3 rings (SSSR count). The first-order valence-corrected chi connectivity index (χ1v) is 9.44. The quantitative estimate of drug-likeness (QED) is 0.478. The number of hydrogen-bond acceptors (Lipinski definition) is 5. The Bertz CT molecular complexity index is 858. The molecule has 5 nitrogen and oxygen atoms in total. The van der Waals surface area contributed by atoms with Gasteiger partial charge in [0.05, 0.1) is 15.5 Å². The zero-order chi connectivity index (χ0) is 19.6. The second kappa shape index (κ2) is 7.85. The summed E-state index contributed by atoms with van der Waals surface area (Å²) in [4.78, 5) is 10.7. The standard InChI is InChI=1S/C17H14ClF3N2O3S/c18-13-7-10(17(19,20)21)1-4-16(13)26-12-2-3-15(23(24)25)14(8-12)22-11-5-6-27-9-11/h1-4,7-8,11,22H,5-6,9H2. The molecule has 1 saturated heterocycles. The number of benzene rings is 2. The highest BCUT2D eigenvalue weighted by Crippen LogP contribution is 2.38. The highest BCUT2D eigenvalue weighted by Gasteiger charge is 2.31.